The van der Waals surface area contributed by atoms with Crippen LogP contribution in [0.4, 0.5) is 13.6 Å². The summed E-state index contributed by atoms with van der Waals surface area (Å²) in [5, 5.41) is 0. The van der Waals surface area contributed by atoms with E-state index in [0.29, 0.717) is 37.1 Å². The Balaban J connectivity index is 1.59. The Kier molecular flexibility index (Phi) is 6.54. The molecule has 0 unspecified atom stereocenters. The number of imidazole rings is 1. The van der Waals surface area contributed by atoms with Crippen molar-refractivity contribution < 1.29 is 23.0 Å². The monoisotopic (exact) mass is 470 g/mol. The summed E-state index contributed by atoms with van der Waals surface area (Å²) < 4.78 is 37.8. The molecule has 0 saturated carbocycles. The molecule has 0 spiro atoms. The van der Waals surface area contributed by atoms with E-state index in [2.05, 4.69) is 9.97 Å². The fraction of sp³-hybridized carbons (Fsp3) is 0.400. The number of rotatable bonds is 5. The summed E-state index contributed by atoms with van der Waals surface area (Å²) in [5.41, 5.74) is 4.26. The number of aromatic nitrogens is 3. The molecule has 1 aliphatic rings. The Morgan fingerprint density at radius 1 is 1.24 bits per heavy atom. The van der Waals surface area contributed by atoms with Crippen molar-refractivity contribution in [1.82, 2.24) is 19.3 Å². The fourth-order valence-corrected chi connectivity index (χ4v) is 3.94. The van der Waals surface area contributed by atoms with Crippen LogP contribution in [-0.4, -0.2) is 50.7 Å². The van der Waals surface area contributed by atoms with Gasteiger partial charge in [0, 0.05) is 31.3 Å². The minimum atomic E-state index is -2.89. The van der Waals surface area contributed by atoms with Crippen molar-refractivity contribution in [2.75, 3.05) is 13.1 Å². The Labute approximate surface area is 197 Å². The Morgan fingerprint density at radius 3 is 2.68 bits per heavy atom. The third-order valence-corrected chi connectivity index (χ3v) is 5.54. The van der Waals surface area contributed by atoms with Crippen molar-refractivity contribution in [3.8, 4) is 5.75 Å². The maximum Gasteiger partial charge on any atom is 0.410 e. The van der Waals surface area contributed by atoms with Crippen molar-refractivity contribution in [2.45, 2.75) is 52.7 Å². The second kappa shape index (κ2) is 9.40. The molecule has 0 bridgehead atoms. The molecule has 0 saturated heterocycles. The van der Waals surface area contributed by atoms with Crippen LogP contribution >= 0.6 is 0 Å². The minimum absolute atomic E-state index is 0.151. The predicted octanol–water partition coefficient (Wildman–Crippen LogP) is 5.25. The van der Waals surface area contributed by atoms with Crippen LogP contribution in [0, 0.1) is 6.92 Å². The molecule has 0 atom stereocenters. The van der Waals surface area contributed by atoms with Crippen LogP contribution in [0.1, 0.15) is 49.8 Å². The number of benzene rings is 1. The average molecular weight is 471 g/mol. The molecule has 3 heterocycles. The highest BCUT2D eigenvalue weighted by molar-refractivity contribution is 5.72. The molecule has 7 nitrogen and oxygen atoms in total. The lowest BCUT2D eigenvalue weighted by Crippen LogP contribution is -2.39. The van der Waals surface area contributed by atoms with Gasteiger partial charge in [-0.3, -0.25) is 4.98 Å². The molecule has 34 heavy (non-hydrogen) atoms. The summed E-state index contributed by atoms with van der Waals surface area (Å²) in [6.45, 7) is 5.51. The quantitative estimate of drug-likeness (QED) is 0.509. The van der Waals surface area contributed by atoms with Crippen molar-refractivity contribution in [3.05, 3.63) is 65.4 Å². The van der Waals surface area contributed by atoms with Crippen LogP contribution in [0.5, 0.6) is 5.75 Å². The molecule has 1 amide bonds. The van der Waals surface area contributed by atoms with Gasteiger partial charge < -0.3 is 18.8 Å². The summed E-state index contributed by atoms with van der Waals surface area (Å²) >= 11 is 0. The summed E-state index contributed by atoms with van der Waals surface area (Å²) in [5.74, 6) is 0.151. The molecule has 180 valence electrons. The Bertz CT molecular complexity index is 1230. The summed E-state index contributed by atoms with van der Waals surface area (Å²) in [4.78, 5) is 23.1. The van der Waals surface area contributed by atoms with E-state index in [1.54, 1.807) is 29.3 Å². The average Bonchev–Trinajstić information content (AvgIpc) is 3.08. The van der Waals surface area contributed by atoms with E-state index in [4.69, 9.17) is 9.47 Å². The van der Waals surface area contributed by atoms with Gasteiger partial charge in [0.05, 0.1) is 23.3 Å². The first kappa shape index (κ1) is 23.7. The van der Waals surface area contributed by atoms with Crippen LogP contribution < -0.4 is 4.74 Å². The highest BCUT2D eigenvalue weighted by Crippen LogP contribution is 2.27. The highest BCUT2D eigenvalue weighted by Gasteiger charge is 2.24. The number of carbonyl (C=O) groups is 1. The Morgan fingerprint density at radius 2 is 2.00 bits per heavy atom. The number of alkyl halides is 2. The molecule has 3 aromatic rings. The van der Waals surface area contributed by atoms with Crippen molar-refractivity contribution in [3.63, 3.8) is 0 Å². The number of hydrogen-bond acceptors (Lipinski definition) is 5. The molecule has 2 aromatic heterocycles. The van der Waals surface area contributed by atoms with Crippen molar-refractivity contribution in [1.29, 1.82) is 0 Å². The predicted molar refractivity (Wildman–Crippen MR) is 124 cm³/mol. The molecule has 1 aliphatic heterocycles. The molecule has 1 aromatic carbocycles. The van der Waals surface area contributed by atoms with Gasteiger partial charge in [-0.2, -0.15) is 8.78 Å². The number of aryl methyl sites for hydroxylation is 1. The first-order chi connectivity index (χ1) is 16.1. The van der Waals surface area contributed by atoms with Gasteiger partial charge in [0.1, 0.15) is 11.4 Å². The van der Waals surface area contributed by atoms with Gasteiger partial charge in [0.15, 0.2) is 5.65 Å². The molecule has 0 fully saturated rings. The maximum atomic E-state index is 12.8. The fourth-order valence-electron chi connectivity index (χ4n) is 3.94. The van der Waals surface area contributed by atoms with Gasteiger partial charge in [0.25, 0.3) is 0 Å². The number of hydrogen-bond donors (Lipinski definition) is 0. The van der Waals surface area contributed by atoms with Gasteiger partial charge in [-0.1, -0.05) is 24.3 Å². The van der Waals surface area contributed by atoms with Crippen LogP contribution in [0.3, 0.4) is 0 Å². The van der Waals surface area contributed by atoms with E-state index >= 15 is 0 Å². The van der Waals surface area contributed by atoms with Crippen molar-refractivity contribution in [2.24, 2.45) is 0 Å². The van der Waals surface area contributed by atoms with Crippen molar-refractivity contribution >= 4 is 17.3 Å². The lowest BCUT2D eigenvalue weighted by Gasteiger charge is -2.29. The Hall–Kier alpha value is -3.49. The van der Waals surface area contributed by atoms with Gasteiger partial charge in [-0.25, -0.2) is 9.78 Å². The SMILES string of the molecule is Cc1nc2cnc(C3=CCN(C(=O)OC(C)(C)C)CC3)cn2c1Cc1ccccc1OC(F)F. The van der Waals surface area contributed by atoms with Crippen LogP contribution in [-0.2, 0) is 11.2 Å². The first-order valence-corrected chi connectivity index (χ1v) is 11.1. The molecule has 0 N–H and O–H groups in total. The molecule has 4 rings (SSSR count). The topological polar surface area (TPSA) is 69.0 Å². The second-order valence-electron chi connectivity index (χ2n) is 9.21. The molecular formula is C25H28F2N4O3. The van der Waals surface area contributed by atoms with Gasteiger partial charge >= 0.3 is 12.7 Å². The zero-order valence-corrected chi connectivity index (χ0v) is 19.7. The van der Waals surface area contributed by atoms with E-state index in [9.17, 15) is 13.6 Å². The van der Waals surface area contributed by atoms with Gasteiger partial charge in [-0.15, -0.1) is 0 Å². The molecule has 9 heteroatoms. The lowest BCUT2D eigenvalue weighted by molar-refractivity contribution is -0.0504. The van der Waals surface area contributed by atoms with Gasteiger partial charge in [-0.05, 0) is 45.8 Å². The molecular weight excluding hydrogens is 442 g/mol. The first-order valence-electron chi connectivity index (χ1n) is 11.1. The minimum Gasteiger partial charge on any atom is -0.444 e. The largest absolute Gasteiger partial charge is 0.444 e. The van der Waals surface area contributed by atoms with Crippen LogP contribution in [0.25, 0.3) is 11.2 Å². The van der Waals surface area contributed by atoms with E-state index in [1.807, 2.05) is 44.4 Å². The number of halogens is 2. The molecule has 0 aliphatic carbocycles. The third-order valence-electron chi connectivity index (χ3n) is 5.54. The second-order valence-corrected chi connectivity index (χ2v) is 9.21. The van der Waals surface area contributed by atoms with Crippen LogP contribution in [0.2, 0.25) is 0 Å². The number of nitrogens with zero attached hydrogens (tertiary/aromatic N) is 4. The number of fused-ring (bicyclic) bond motifs is 1. The number of carbonyl (C=O) groups excluding carboxylic acids is 1. The number of amides is 1. The van der Waals surface area contributed by atoms with Crippen LogP contribution in [0.15, 0.2) is 42.7 Å². The molecule has 0 radical (unpaired) electrons. The number of para-hydroxylation sites is 1. The van der Waals surface area contributed by atoms with E-state index < -0.39 is 12.2 Å². The number of ether oxygens (including phenoxy) is 2. The normalized spacial score (nSPS) is 14.4. The van der Waals surface area contributed by atoms with E-state index in [1.165, 1.54) is 6.07 Å². The smallest absolute Gasteiger partial charge is 0.410 e. The maximum absolute atomic E-state index is 12.8. The summed E-state index contributed by atoms with van der Waals surface area (Å²) in [6, 6.07) is 6.77. The standard InChI is InChI=1S/C25H28F2N4O3/c1-16-20(13-18-7-5-6-8-21(18)33-23(26)27)31-15-19(28-14-22(31)29-16)17-9-11-30(12-10-17)24(32)34-25(2,3)4/h5-9,14-15,23H,10-13H2,1-4H3. The third kappa shape index (κ3) is 5.35. The summed E-state index contributed by atoms with van der Waals surface area (Å²) in [7, 11) is 0. The lowest BCUT2D eigenvalue weighted by atomic mass is 10.1. The highest BCUT2D eigenvalue weighted by atomic mass is 19.3. The zero-order chi connectivity index (χ0) is 24.5. The van der Waals surface area contributed by atoms with E-state index in [0.717, 1.165) is 22.7 Å². The summed E-state index contributed by atoms with van der Waals surface area (Å²) in [6.07, 6.45) is 6.29. The van der Waals surface area contributed by atoms with E-state index in [-0.39, 0.29) is 11.8 Å². The zero-order valence-electron chi connectivity index (χ0n) is 19.7. The van der Waals surface area contributed by atoms with Gasteiger partial charge in [0.2, 0.25) is 0 Å².